The largest absolute Gasteiger partial charge is 0.478 e. The van der Waals surface area contributed by atoms with Gasteiger partial charge in [-0.3, -0.25) is 5.10 Å². The maximum Gasteiger partial charge on any atom is 0.335 e. The van der Waals surface area contributed by atoms with Crippen molar-refractivity contribution in [2.75, 3.05) is 0 Å². The van der Waals surface area contributed by atoms with E-state index in [9.17, 15) is 4.79 Å². The number of nitrogens with zero attached hydrogens (tertiary/aromatic N) is 1. The fourth-order valence-corrected chi connectivity index (χ4v) is 1.35. The van der Waals surface area contributed by atoms with Gasteiger partial charge in [0.1, 0.15) is 0 Å². The van der Waals surface area contributed by atoms with Gasteiger partial charge in [-0.15, -0.1) is 0 Å². The first-order chi connectivity index (χ1) is 6.72. The number of carboxylic acid groups (broad SMARTS) is 1. The Morgan fingerprint density at radius 1 is 1.57 bits per heavy atom. The Kier molecular flexibility index (Phi) is 1.94. The number of nitrogens with one attached hydrogen (secondary N) is 1. The van der Waals surface area contributed by atoms with Gasteiger partial charge in [0.25, 0.3) is 0 Å². The van der Waals surface area contributed by atoms with E-state index < -0.39 is 5.97 Å². The molecule has 0 radical (unpaired) electrons. The van der Waals surface area contributed by atoms with Crippen LogP contribution in [0.1, 0.15) is 16.1 Å². The minimum Gasteiger partial charge on any atom is -0.478 e. The van der Waals surface area contributed by atoms with Crippen LogP contribution in [0.4, 0.5) is 0 Å². The number of carbonyl (C=O) groups is 1. The SMILES string of the molecule is NCc1[nH]nc2ccc(C(=O)O)cc12. The van der Waals surface area contributed by atoms with Crippen molar-refractivity contribution in [1.29, 1.82) is 0 Å². The Hall–Kier alpha value is -1.88. The zero-order valence-electron chi connectivity index (χ0n) is 7.32. The lowest BCUT2D eigenvalue weighted by Crippen LogP contribution is -1.98. The number of aromatic amines is 1. The summed E-state index contributed by atoms with van der Waals surface area (Å²) in [5, 5.41) is 16.3. The first kappa shape index (κ1) is 8.71. The lowest BCUT2D eigenvalue weighted by molar-refractivity contribution is 0.0697. The van der Waals surface area contributed by atoms with Crippen molar-refractivity contribution >= 4 is 16.9 Å². The second-order valence-electron chi connectivity index (χ2n) is 2.94. The van der Waals surface area contributed by atoms with Gasteiger partial charge in [-0.25, -0.2) is 4.79 Å². The van der Waals surface area contributed by atoms with E-state index in [-0.39, 0.29) is 5.56 Å². The van der Waals surface area contributed by atoms with E-state index in [2.05, 4.69) is 10.2 Å². The summed E-state index contributed by atoms with van der Waals surface area (Å²) in [5.74, 6) is -0.948. The molecule has 1 heterocycles. The average molecular weight is 191 g/mol. The van der Waals surface area contributed by atoms with Crippen LogP contribution in [0.15, 0.2) is 18.2 Å². The Bertz CT molecular complexity index is 490. The fraction of sp³-hybridized carbons (Fsp3) is 0.111. The Balaban J connectivity index is 2.67. The molecule has 0 amide bonds. The van der Waals surface area contributed by atoms with E-state index in [4.69, 9.17) is 10.8 Å². The lowest BCUT2D eigenvalue weighted by Gasteiger charge is -1.95. The third kappa shape index (κ3) is 1.23. The van der Waals surface area contributed by atoms with Crippen LogP contribution < -0.4 is 5.73 Å². The van der Waals surface area contributed by atoms with Crippen molar-refractivity contribution in [1.82, 2.24) is 10.2 Å². The van der Waals surface area contributed by atoms with Crippen molar-refractivity contribution in [2.45, 2.75) is 6.54 Å². The predicted molar refractivity (Wildman–Crippen MR) is 50.9 cm³/mol. The van der Waals surface area contributed by atoms with Crippen LogP contribution >= 0.6 is 0 Å². The van der Waals surface area contributed by atoms with E-state index in [0.717, 1.165) is 16.6 Å². The van der Waals surface area contributed by atoms with Gasteiger partial charge in [0.2, 0.25) is 0 Å². The summed E-state index contributed by atoms with van der Waals surface area (Å²) in [6.45, 7) is 0.319. The van der Waals surface area contributed by atoms with Gasteiger partial charge in [-0.1, -0.05) is 0 Å². The van der Waals surface area contributed by atoms with E-state index in [1.54, 1.807) is 12.1 Å². The van der Waals surface area contributed by atoms with Crippen molar-refractivity contribution in [2.24, 2.45) is 5.73 Å². The summed E-state index contributed by atoms with van der Waals surface area (Å²) in [6.07, 6.45) is 0. The molecule has 1 aromatic heterocycles. The summed E-state index contributed by atoms with van der Waals surface area (Å²) in [6, 6.07) is 4.75. The van der Waals surface area contributed by atoms with Gasteiger partial charge in [0.05, 0.1) is 16.8 Å². The van der Waals surface area contributed by atoms with Crippen LogP contribution in [-0.2, 0) is 6.54 Å². The molecule has 0 unspecified atom stereocenters. The molecule has 0 atom stereocenters. The van der Waals surface area contributed by atoms with Gasteiger partial charge in [-0.05, 0) is 18.2 Å². The number of benzene rings is 1. The second-order valence-corrected chi connectivity index (χ2v) is 2.94. The van der Waals surface area contributed by atoms with Crippen LogP contribution in [0.5, 0.6) is 0 Å². The highest BCUT2D eigenvalue weighted by atomic mass is 16.4. The van der Waals surface area contributed by atoms with Crippen LogP contribution in [-0.4, -0.2) is 21.3 Å². The maximum absolute atomic E-state index is 10.7. The summed E-state index contributed by atoms with van der Waals surface area (Å²) < 4.78 is 0. The van der Waals surface area contributed by atoms with Gasteiger partial charge >= 0.3 is 5.97 Å². The average Bonchev–Trinajstić information content (AvgIpc) is 2.59. The number of H-pyrrole nitrogens is 1. The molecular formula is C9H9N3O2. The Morgan fingerprint density at radius 3 is 3.00 bits per heavy atom. The smallest absolute Gasteiger partial charge is 0.335 e. The third-order valence-electron chi connectivity index (χ3n) is 2.08. The summed E-state index contributed by atoms with van der Waals surface area (Å²) in [5.41, 5.74) is 7.20. The standard InChI is InChI=1S/C9H9N3O2/c10-4-8-6-3-5(9(13)14)1-2-7(6)11-12-8/h1-3H,4,10H2,(H,11,12)(H,13,14). The number of aromatic carboxylic acids is 1. The molecule has 2 aromatic rings. The molecule has 5 nitrogen and oxygen atoms in total. The summed E-state index contributed by atoms with van der Waals surface area (Å²) in [4.78, 5) is 10.7. The lowest BCUT2D eigenvalue weighted by atomic mass is 10.1. The summed E-state index contributed by atoms with van der Waals surface area (Å²) in [7, 11) is 0. The maximum atomic E-state index is 10.7. The topological polar surface area (TPSA) is 92.0 Å². The number of hydrogen-bond acceptors (Lipinski definition) is 3. The molecule has 0 saturated carbocycles. The molecule has 0 aliphatic rings. The number of fused-ring (bicyclic) bond motifs is 1. The van der Waals surface area contributed by atoms with Crippen molar-refractivity contribution in [3.05, 3.63) is 29.5 Å². The number of carboxylic acids is 1. The summed E-state index contributed by atoms with van der Waals surface area (Å²) >= 11 is 0. The molecule has 14 heavy (non-hydrogen) atoms. The first-order valence-corrected chi connectivity index (χ1v) is 4.12. The first-order valence-electron chi connectivity index (χ1n) is 4.12. The number of nitrogens with two attached hydrogens (primary N) is 1. The zero-order valence-corrected chi connectivity index (χ0v) is 7.32. The molecule has 0 aliphatic heterocycles. The van der Waals surface area contributed by atoms with Crippen molar-refractivity contribution in [3.8, 4) is 0 Å². The third-order valence-corrected chi connectivity index (χ3v) is 2.08. The number of hydrogen-bond donors (Lipinski definition) is 3. The molecule has 0 aliphatic carbocycles. The minimum atomic E-state index is -0.948. The highest BCUT2D eigenvalue weighted by molar-refractivity contribution is 5.94. The van der Waals surface area contributed by atoms with E-state index in [0.29, 0.717) is 6.54 Å². The monoisotopic (exact) mass is 191 g/mol. The van der Waals surface area contributed by atoms with E-state index in [1.807, 2.05) is 0 Å². The van der Waals surface area contributed by atoms with Crippen LogP contribution in [0.25, 0.3) is 10.9 Å². The highest BCUT2D eigenvalue weighted by Crippen LogP contribution is 2.17. The minimum absolute atomic E-state index is 0.244. The Labute approximate surface area is 79.5 Å². The molecule has 1 aromatic carbocycles. The molecule has 5 heteroatoms. The predicted octanol–water partition coefficient (Wildman–Crippen LogP) is 0.720. The highest BCUT2D eigenvalue weighted by Gasteiger charge is 2.07. The molecule has 4 N–H and O–H groups in total. The fourth-order valence-electron chi connectivity index (χ4n) is 1.35. The van der Waals surface area contributed by atoms with Gasteiger partial charge in [0.15, 0.2) is 0 Å². The van der Waals surface area contributed by atoms with E-state index >= 15 is 0 Å². The van der Waals surface area contributed by atoms with Crippen LogP contribution in [0.2, 0.25) is 0 Å². The van der Waals surface area contributed by atoms with Crippen molar-refractivity contribution < 1.29 is 9.90 Å². The van der Waals surface area contributed by atoms with Crippen molar-refractivity contribution in [3.63, 3.8) is 0 Å². The molecule has 0 bridgehead atoms. The van der Waals surface area contributed by atoms with Crippen LogP contribution in [0.3, 0.4) is 0 Å². The van der Waals surface area contributed by atoms with E-state index in [1.165, 1.54) is 6.07 Å². The molecule has 0 spiro atoms. The van der Waals surface area contributed by atoms with Gasteiger partial charge in [0, 0.05) is 11.9 Å². The second kappa shape index (κ2) is 3.12. The zero-order chi connectivity index (χ0) is 10.1. The number of aromatic nitrogens is 2. The molecule has 72 valence electrons. The quantitative estimate of drug-likeness (QED) is 0.652. The molecule has 0 saturated heterocycles. The Morgan fingerprint density at radius 2 is 2.36 bits per heavy atom. The van der Waals surface area contributed by atoms with Gasteiger partial charge < -0.3 is 10.8 Å². The number of rotatable bonds is 2. The van der Waals surface area contributed by atoms with Crippen LogP contribution in [0, 0.1) is 0 Å². The van der Waals surface area contributed by atoms with Gasteiger partial charge in [-0.2, -0.15) is 5.10 Å². The molecule has 0 fully saturated rings. The molecular weight excluding hydrogens is 182 g/mol. The normalized spacial score (nSPS) is 10.6. The molecule has 2 rings (SSSR count).